The number of amides is 1. The zero-order chi connectivity index (χ0) is 14.5. The van der Waals surface area contributed by atoms with Gasteiger partial charge in [0.15, 0.2) is 0 Å². The third-order valence-electron chi connectivity index (χ3n) is 4.54. The predicted octanol–water partition coefficient (Wildman–Crippen LogP) is 2.47. The minimum Gasteiger partial charge on any atom is -0.379 e. The second kappa shape index (κ2) is 7.38. The Morgan fingerprint density at radius 3 is 2.90 bits per heavy atom. The summed E-state index contributed by atoms with van der Waals surface area (Å²) >= 11 is 1.60. The number of morpholine rings is 1. The number of ether oxygens (including phenoxy) is 1. The van der Waals surface area contributed by atoms with E-state index in [1.807, 2.05) is 16.8 Å². The van der Waals surface area contributed by atoms with Crippen LogP contribution in [0.5, 0.6) is 0 Å². The molecule has 0 saturated carbocycles. The molecule has 1 atom stereocenters. The normalized spacial score (nSPS) is 24.2. The van der Waals surface area contributed by atoms with E-state index in [0.29, 0.717) is 6.04 Å². The summed E-state index contributed by atoms with van der Waals surface area (Å²) in [6, 6.07) is 2.36. The lowest BCUT2D eigenvalue weighted by molar-refractivity contribution is 0.0296. The summed E-state index contributed by atoms with van der Waals surface area (Å²) in [6.45, 7) is 5.77. The van der Waals surface area contributed by atoms with Crippen molar-refractivity contribution in [2.24, 2.45) is 0 Å². The monoisotopic (exact) mass is 308 g/mol. The summed E-state index contributed by atoms with van der Waals surface area (Å²) < 4.78 is 5.39. The van der Waals surface area contributed by atoms with Gasteiger partial charge in [0.2, 0.25) is 0 Å². The molecule has 1 aromatic heterocycles. The molecule has 3 rings (SSSR count). The molecular weight excluding hydrogens is 284 g/mol. The SMILES string of the molecule is O=C(c1ccsc1)N1CCCCC1CCN1CCOCC1. The molecule has 0 radical (unpaired) electrons. The second-order valence-corrected chi connectivity index (χ2v) is 6.68. The van der Waals surface area contributed by atoms with Crippen molar-refractivity contribution in [1.29, 1.82) is 0 Å². The van der Waals surface area contributed by atoms with Gasteiger partial charge in [-0.3, -0.25) is 9.69 Å². The molecule has 2 saturated heterocycles. The van der Waals surface area contributed by atoms with Crippen molar-refractivity contribution in [3.63, 3.8) is 0 Å². The van der Waals surface area contributed by atoms with Crippen molar-refractivity contribution >= 4 is 17.2 Å². The highest BCUT2D eigenvalue weighted by molar-refractivity contribution is 7.08. The first kappa shape index (κ1) is 15.0. The van der Waals surface area contributed by atoms with Gasteiger partial charge in [-0.05, 0) is 37.1 Å². The standard InChI is InChI=1S/C16H24N2O2S/c19-16(14-5-12-21-13-14)18-6-2-1-3-15(18)4-7-17-8-10-20-11-9-17/h5,12-13,15H,1-4,6-11H2. The van der Waals surface area contributed by atoms with Crippen LogP contribution in [-0.2, 0) is 4.74 Å². The van der Waals surface area contributed by atoms with Crippen LogP contribution in [0.25, 0.3) is 0 Å². The number of carbonyl (C=O) groups is 1. The molecule has 0 N–H and O–H groups in total. The van der Waals surface area contributed by atoms with Crippen LogP contribution in [0.15, 0.2) is 16.8 Å². The Hall–Kier alpha value is -0.910. The number of hydrogen-bond acceptors (Lipinski definition) is 4. The van der Waals surface area contributed by atoms with Crippen LogP contribution < -0.4 is 0 Å². The molecule has 4 nitrogen and oxygen atoms in total. The minimum absolute atomic E-state index is 0.225. The van der Waals surface area contributed by atoms with Crippen molar-refractivity contribution in [1.82, 2.24) is 9.80 Å². The largest absolute Gasteiger partial charge is 0.379 e. The molecule has 1 unspecified atom stereocenters. The first-order chi connectivity index (χ1) is 10.3. The summed E-state index contributed by atoms with van der Waals surface area (Å²) in [5.41, 5.74) is 0.860. The highest BCUT2D eigenvalue weighted by atomic mass is 32.1. The Labute approximate surface area is 130 Å². The molecule has 0 aromatic carbocycles. The molecule has 0 bridgehead atoms. The minimum atomic E-state index is 0.225. The van der Waals surface area contributed by atoms with E-state index >= 15 is 0 Å². The van der Waals surface area contributed by atoms with Gasteiger partial charge in [0, 0.05) is 37.6 Å². The highest BCUT2D eigenvalue weighted by Crippen LogP contribution is 2.23. The molecule has 5 heteroatoms. The Kier molecular flexibility index (Phi) is 5.27. The van der Waals surface area contributed by atoms with Crippen LogP contribution in [0.4, 0.5) is 0 Å². The lowest BCUT2D eigenvalue weighted by atomic mass is 9.98. The van der Waals surface area contributed by atoms with Gasteiger partial charge < -0.3 is 9.64 Å². The first-order valence-corrected chi connectivity index (χ1v) is 8.92. The van der Waals surface area contributed by atoms with Crippen molar-refractivity contribution < 1.29 is 9.53 Å². The van der Waals surface area contributed by atoms with E-state index in [1.54, 1.807) is 11.3 Å². The lowest BCUT2D eigenvalue weighted by Crippen LogP contribution is -2.46. The van der Waals surface area contributed by atoms with E-state index in [-0.39, 0.29) is 5.91 Å². The van der Waals surface area contributed by atoms with Crippen LogP contribution in [0.1, 0.15) is 36.0 Å². The summed E-state index contributed by atoms with van der Waals surface area (Å²) in [6.07, 6.45) is 4.64. The Morgan fingerprint density at radius 2 is 2.14 bits per heavy atom. The average Bonchev–Trinajstić information content (AvgIpc) is 3.08. The third kappa shape index (κ3) is 3.84. The number of rotatable bonds is 4. The summed E-state index contributed by atoms with van der Waals surface area (Å²) in [5.74, 6) is 0.225. The van der Waals surface area contributed by atoms with Crippen LogP contribution >= 0.6 is 11.3 Å². The third-order valence-corrected chi connectivity index (χ3v) is 5.22. The maximum absolute atomic E-state index is 12.6. The maximum atomic E-state index is 12.6. The highest BCUT2D eigenvalue weighted by Gasteiger charge is 2.28. The van der Waals surface area contributed by atoms with Gasteiger partial charge >= 0.3 is 0 Å². The van der Waals surface area contributed by atoms with Crippen molar-refractivity contribution in [2.75, 3.05) is 39.4 Å². The van der Waals surface area contributed by atoms with Crippen molar-refractivity contribution in [3.8, 4) is 0 Å². The Bertz CT molecular complexity index is 443. The topological polar surface area (TPSA) is 32.8 Å². The molecule has 2 fully saturated rings. The van der Waals surface area contributed by atoms with Crippen LogP contribution in [0, 0.1) is 0 Å². The number of nitrogens with zero attached hydrogens (tertiary/aromatic N) is 2. The first-order valence-electron chi connectivity index (χ1n) is 7.98. The molecule has 21 heavy (non-hydrogen) atoms. The molecule has 1 amide bonds. The van der Waals surface area contributed by atoms with E-state index in [2.05, 4.69) is 9.80 Å². The average molecular weight is 308 g/mol. The number of carbonyl (C=O) groups excluding carboxylic acids is 1. The van der Waals surface area contributed by atoms with E-state index in [0.717, 1.165) is 64.2 Å². The van der Waals surface area contributed by atoms with E-state index < -0.39 is 0 Å². The Balaban J connectivity index is 1.57. The second-order valence-electron chi connectivity index (χ2n) is 5.90. The molecule has 2 aliphatic heterocycles. The Morgan fingerprint density at radius 1 is 1.29 bits per heavy atom. The van der Waals surface area contributed by atoms with Gasteiger partial charge in [0.05, 0.1) is 18.8 Å². The van der Waals surface area contributed by atoms with Crippen LogP contribution in [0.2, 0.25) is 0 Å². The lowest BCUT2D eigenvalue weighted by Gasteiger charge is -2.37. The fourth-order valence-electron chi connectivity index (χ4n) is 3.28. The van der Waals surface area contributed by atoms with Crippen LogP contribution in [0.3, 0.4) is 0 Å². The zero-order valence-corrected chi connectivity index (χ0v) is 13.3. The summed E-state index contributed by atoms with van der Waals surface area (Å²) in [4.78, 5) is 17.2. The zero-order valence-electron chi connectivity index (χ0n) is 12.5. The van der Waals surface area contributed by atoms with Gasteiger partial charge in [0.1, 0.15) is 0 Å². The smallest absolute Gasteiger partial charge is 0.254 e. The van der Waals surface area contributed by atoms with Crippen LogP contribution in [-0.4, -0.2) is 61.1 Å². The van der Waals surface area contributed by atoms with Crippen molar-refractivity contribution in [3.05, 3.63) is 22.4 Å². The van der Waals surface area contributed by atoms with E-state index in [9.17, 15) is 4.79 Å². The molecule has 116 valence electrons. The summed E-state index contributed by atoms with van der Waals surface area (Å²) in [5, 5.41) is 3.95. The predicted molar refractivity (Wildman–Crippen MR) is 84.9 cm³/mol. The van der Waals surface area contributed by atoms with Gasteiger partial charge in [-0.25, -0.2) is 0 Å². The van der Waals surface area contributed by atoms with Gasteiger partial charge in [0.25, 0.3) is 5.91 Å². The van der Waals surface area contributed by atoms with Crippen molar-refractivity contribution in [2.45, 2.75) is 31.7 Å². The molecule has 0 aliphatic carbocycles. The fourth-order valence-corrected chi connectivity index (χ4v) is 3.91. The number of piperidine rings is 1. The fraction of sp³-hybridized carbons (Fsp3) is 0.688. The van der Waals surface area contributed by atoms with E-state index in [1.165, 1.54) is 6.42 Å². The summed E-state index contributed by atoms with van der Waals surface area (Å²) in [7, 11) is 0. The van der Waals surface area contributed by atoms with Gasteiger partial charge in [-0.2, -0.15) is 11.3 Å². The molecule has 1 aromatic rings. The van der Waals surface area contributed by atoms with E-state index in [4.69, 9.17) is 4.74 Å². The maximum Gasteiger partial charge on any atom is 0.254 e. The number of thiophene rings is 1. The molecule has 2 aliphatic rings. The number of hydrogen-bond donors (Lipinski definition) is 0. The molecular formula is C16H24N2O2S. The molecule has 0 spiro atoms. The van der Waals surface area contributed by atoms with Gasteiger partial charge in [-0.15, -0.1) is 0 Å². The van der Waals surface area contributed by atoms with Gasteiger partial charge in [-0.1, -0.05) is 0 Å². The quantitative estimate of drug-likeness (QED) is 0.856. The molecule has 3 heterocycles. The number of likely N-dealkylation sites (tertiary alicyclic amines) is 1.